The van der Waals surface area contributed by atoms with Crippen molar-refractivity contribution in [1.29, 1.82) is 5.26 Å². The van der Waals surface area contributed by atoms with E-state index >= 15 is 0 Å². The maximum atomic E-state index is 9.58. The second-order valence-corrected chi connectivity index (χ2v) is 5.67. The van der Waals surface area contributed by atoms with Crippen LogP contribution in [0.2, 0.25) is 0 Å². The van der Waals surface area contributed by atoms with E-state index in [1.165, 1.54) is 0 Å². The van der Waals surface area contributed by atoms with Gasteiger partial charge in [0.25, 0.3) is 0 Å². The molecular weight excluding hydrogens is 292 g/mol. The van der Waals surface area contributed by atoms with E-state index in [1.807, 2.05) is 32.9 Å². The molecule has 118 valence electrons. The number of nitrogens with zero attached hydrogens (tertiary/aromatic N) is 2. The highest BCUT2D eigenvalue weighted by molar-refractivity contribution is 5.58. The van der Waals surface area contributed by atoms with Gasteiger partial charge in [0.1, 0.15) is 17.4 Å². The lowest BCUT2D eigenvalue weighted by atomic mass is 9.81. The van der Waals surface area contributed by atoms with Crippen LogP contribution in [0.3, 0.4) is 0 Å². The van der Waals surface area contributed by atoms with Gasteiger partial charge >= 0.3 is 0 Å². The second kappa shape index (κ2) is 5.36. The number of aromatic nitrogens is 2. The minimum Gasteiger partial charge on any atom is -0.496 e. The van der Waals surface area contributed by atoms with Crippen molar-refractivity contribution in [3.05, 3.63) is 51.5 Å². The monoisotopic (exact) mass is 310 g/mol. The molecule has 1 atom stereocenters. The predicted molar refractivity (Wildman–Crippen MR) is 85.1 cm³/mol. The quantitative estimate of drug-likeness (QED) is 0.888. The van der Waals surface area contributed by atoms with Gasteiger partial charge in [-0.2, -0.15) is 5.26 Å². The van der Waals surface area contributed by atoms with Crippen molar-refractivity contribution in [3.63, 3.8) is 0 Å². The highest BCUT2D eigenvalue weighted by Crippen LogP contribution is 2.44. The zero-order chi connectivity index (χ0) is 16.7. The Labute approximate surface area is 134 Å². The Kier molecular flexibility index (Phi) is 3.49. The maximum absolute atomic E-state index is 9.58. The van der Waals surface area contributed by atoms with E-state index in [1.54, 1.807) is 7.11 Å². The third kappa shape index (κ3) is 2.21. The van der Waals surface area contributed by atoms with Crippen molar-refractivity contribution in [2.75, 3.05) is 7.11 Å². The van der Waals surface area contributed by atoms with Gasteiger partial charge < -0.3 is 15.2 Å². The molecule has 1 unspecified atom stereocenters. The fraction of sp³-hybridized carbons (Fsp3) is 0.294. The number of hydrogen-bond donors (Lipinski definition) is 2. The van der Waals surface area contributed by atoms with Crippen molar-refractivity contribution in [1.82, 2.24) is 10.2 Å². The molecule has 0 fully saturated rings. The van der Waals surface area contributed by atoms with Gasteiger partial charge in [-0.1, -0.05) is 6.07 Å². The molecule has 2 aromatic rings. The van der Waals surface area contributed by atoms with Gasteiger partial charge in [-0.25, -0.2) is 0 Å². The van der Waals surface area contributed by atoms with Crippen molar-refractivity contribution in [3.8, 4) is 17.7 Å². The normalized spacial score (nSPS) is 16.6. The van der Waals surface area contributed by atoms with Gasteiger partial charge in [0.2, 0.25) is 11.8 Å². The van der Waals surface area contributed by atoms with E-state index < -0.39 is 0 Å². The van der Waals surface area contributed by atoms with Gasteiger partial charge in [-0.3, -0.25) is 5.10 Å². The van der Waals surface area contributed by atoms with Crippen LogP contribution in [-0.2, 0) is 0 Å². The Morgan fingerprint density at radius 2 is 2.04 bits per heavy atom. The van der Waals surface area contributed by atoms with Gasteiger partial charge in [-0.15, -0.1) is 5.10 Å². The zero-order valence-electron chi connectivity index (χ0n) is 13.5. The number of fused-ring (bicyclic) bond motifs is 1. The Hall–Kier alpha value is -2.94. The molecule has 1 aromatic carbocycles. The standard InChI is InChI=1S/C17H18N4O2/c1-8-6-13(22-4)9(2)5-11(8)15-12(7-18)16(19)23-17-14(15)10(3)20-21-17/h5-6,15H,19H2,1-4H3,(H,20,21). The third-order valence-electron chi connectivity index (χ3n) is 4.22. The molecule has 0 radical (unpaired) electrons. The van der Waals surface area contributed by atoms with Crippen LogP contribution in [0.25, 0.3) is 0 Å². The van der Waals surface area contributed by atoms with Crippen LogP contribution in [-0.4, -0.2) is 17.3 Å². The van der Waals surface area contributed by atoms with Crippen LogP contribution in [0.5, 0.6) is 11.6 Å². The van der Waals surface area contributed by atoms with Crippen LogP contribution in [0.1, 0.15) is 33.9 Å². The number of methoxy groups -OCH3 is 1. The lowest BCUT2D eigenvalue weighted by Gasteiger charge is -2.25. The van der Waals surface area contributed by atoms with Gasteiger partial charge in [0.15, 0.2) is 0 Å². The lowest BCUT2D eigenvalue weighted by Crippen LogP contribution is -2.21. The van der Waals surface area contributed by atoms with Crippen molar-refractivity contribution < 1.29 is 9.47 Å². The van der Waals surface area contributed by atoms with Crippen LogP contribution in [0.4, 0.5) is 0 Å². The zero-order valence-corrected chi connectivity index (χ0v) is 13.5. The number of hydrogen-bond acceptors (Lipinski definition) is 5. The topological polar surface area (TPSA) is 96.9 Å². The average Bonchev–Trinajstić information content (AvgIpc) is 2.88. The molecule has 23 heavy (non-hydrogen) atoms. The van der Waals surface area contributed by atoms with Crippen LogP contribution in [0, 0.1) is 32.1 Å². The summed E-state index contributed by atoms with van der Waals surface area (Å²) in [6.07, 6.45) is 0. The molecule has 3 N–H and O–H groups in total. The summed E-state index contributed by atoms with van der Waals surface area (Å²) in [4.78, 5) is 0. The summed E-state index contributed by atoms with van der Waals surface area (Å²) in [7, 11) is 1.65. The number of ether oxygens (including phenoxy) is 2. The predicted octanol–water partition coefficient (Wildman–Crippen LogP) is 2.56. The van der Waals surface area contributed by atoms with Gasteiger partial charge in [0, 0.05) is 11.3 Å². The molecular formula is C17H18N4O2. The number of benzene rings is 1. The number of nitrogens with two attached hydrogens (primary N) is 1. The summed E-state index contributed by atoms with van der Waals surface area (Å²) in [5.41, 5.74) is 11.1. The maximum Gasteiger partial charge on any atom is 0.244 e. The number of rotatable bonds is 2. The highest BCUT2D eigenvalue weighted by Gasteiger charge is 2.35. The summed E-state index contributed by atoms with van der Waals surface area (Å²) >= 11 is 0. The molecule has 6 heteroatoms. The van der Waals surface area contributed by atoms with E-state index in [4.69, 9.17) is 15.2 Å². The van der Waals surface area contributed by atoms with Crippen LogP contribution >= 0.6 is 0 Å². The molecule has 6 nitrogen and oxygen atoms in total. The second-order valence-electron chi connectivity index (χ2n) is 5.67. The van der Waals surface area contributed by atoms with E-state index in [-0.39, 0.29) is 11.8 Å². The molecule has 0 bridgehead atoms. The number of H-pyrrole nitrogens is 1. The summed E-state index contributed by atoms with van der Waals surface area (Å²) < 4.78 is 10.9. The molecule has 0 saturated carbocycles. The summed E-state index contributed by atoms with van der Waals surface area (Å²) in [5.74, 6) is 1.05. The van der Waals surface area contributed by atoms with Gasteiger partial charge in [-0.05, 0) is 43.5 Å². The molecule has 0 spiro atoms. The lowest BCUT2D eigenvalue weighted by molar-refractivity contribution is 0.378. The third-order valence-corrected chi connectivity index (χ3v) is 4.22. The van der Waals surface area contributed by atoms with Crippen LogP contribution < -0.4 is 15.2 Å². The first-order valence-corrected chi connectivity index (χ1v) is 7.25. The number of aromatic amines is 1. The molecule has 1 aliphatic heterocycles. The molecule has 0 aliphatic carbocycles. The van der Waals surface area contributed by atoms with Crippen molar-refractivity contribution in [2.45, 2.75) is 26.7 Å². The SMILES string of the molecule is COc1cc(C)c(C2C(C#N)=C(N)Oc3n[nH]c(C)c32)cc1C. The van der Waals surface area contributed by atoms with E-state index in [2.05, 4.69) is 16.3 Å². The van der Waals surface area contributed by atoms with E-state index in [9.17, 15) is 5.26 Å². The molecule has 1 aliphatic rings. The number of allylic oxidation sites excluding steroid dienone is 1. The largest absolute Gasteiger partial charge is 0.496 e. The highest BCUT2D eigenvalue weighted by atomic mass is 16.5. The fourth-order valence-corrected chi connectivity index (χ4v) is 3.05. The first-order chi connectivity index (χ1) is 11.0. The summed E-state index contributed by atoms with van der Waals surface area (Å²) in [5, 5.41) is 16.6. The van der Waals surface area contributed by atoms with E-state index in [0.717, 1.165) is 33.7 Å². The Balaban J connectivity index is 2.27. The molecule has 3 rings (SSSR count). The van der Waals surface area contributed by atoms with Gasteiger partial charge in [0.05, 0.1) is 13.0 Å². The number of nitrogens with one attached hydrogen (secondary N) is 1. The smallest absolute Gasteiger partial charge is 0.244 e. The average molecular weight is 310 g/mol. The first kappa shape index (κ1) is 15.0. The summed E-state index contributed by atoms with van der Waals surface area (Å²) in [6.45, 7) is 5.88. The Bertz CT molecular complexity index is 858. The van der Waals surface area contributed by atoms with Crippen LogP contribution in [0.15, 0.2) is 23.6 Å². The number of nitriles is 1. The minimum absolute atomic E-state index is 0.101. The fourth-order valence-electron chi connectivity index (χ4n) is 3.05. The Morgan fingerprint density at radius 1 is 1.30 bits per heavy atom. The van der Waals surface area contributed by atoms with Crippen molar-refractivity contribution >= 4 is 0 Å². The molecule has 2 heterocycles. The molecule has 0 amide bonds. The first-order valence-electron chi connectivity index (χ1n) is 7.25. The Morgan fingerprint density at radius 3 is 2.70 bits per heavy atom. The minimum atomic E-state index is -0.299. The number of aryl methyl sites for hydroxylation is 3. The van der Waals surface area contributed by atoms with E-state index in [0.29, 0.717) is 11.5 Å². The molecule has 1 aromatic heterocycles. The molecule has 0 saturated heterocycles. The summed E-state index contributed by atoms with van der Waals surface area (Å²) in [6, 6.07) is 6.20. The van der Waals surface area contributed by atoms with Crippen molar-refractivity contribution in [2.24, 2.45) is 5.73 Å².